The molecule has 2 atom stereocenters. The summed E-state index contributed by atoms with van der Waals surface area (Å²) < 4.78 is 30.2. The van der Waals surface area contributed by atoms with Crippen molar-refractivity contribution >= 4 is 40.0 Å². The molecule has 1 aromatic heterocycles. The molecule has 2 heterocycles. The van der Waals surface area contributed by atoms with Crippen molar-refractivity contribution in [3.63, 3.8) is 0 Å². The summed E-state index contributed by atoms with van der Waals surface area (Å²) in [6.45, 7) is -0.479. The lowest BCUT2D eigenvalue weighted by Crippen LogP contribution is -2.38. The Bertz CT molecular complexity index is 1200. The van der Waals surface area contributed by atoms with Crippen molar-refractivity contribution in [3.8, 4) is 0 Å². The number of nitrogens with one attached hydrogen (secondary N) is 1. The standard InChI is InChI=1S/C23H22ClF2N3O3/c1-28-11-17(16-4-2-3-5-21(16)28)23(32)27-20-9-19(26)13(6-18(20)24)7-22(31)29-10-14(25)8-15(29)12-30/h2-6,9,11,14-15,30H,7-8,10,12H2,1H3,(H,27,32)/t14-,15-/m0/s1. The molecule has 0 radical (unpaired) electrons. The van der Waals surface area contributed by atoms with E-state index in [4.69, 9.17) is 11.6 Å². The van der Waals surface area contributed by atoms with Crippen molar-refractivity contribution in [3.05, 3.63) is 64.6 Å². The topological polar surface area (TPSA) is 74.6 Å². The lowest BCUT2D eigenvalue weighted by Gasteiger charge is -2.23. The number of fused-ring (bicyclic) bond motifs is 1. The number of hydrogen-bond donors (Lipinski definition) is 2. The average molecular weight is 462 g/mol. The number of carbonyl (C=O) groups is 2. The predicted molar refractivity (Wildman–Crippen MR) is 118 cm³/mol. The Morgan fingerprint density at radius 3 is 2.78 bits per heavy atom. The van der Waals surface area contributed by atoms with Crippen LogP contribution in [0, 0.1) is 5.82 Å². The fourth-order valence-electron chi connectivity index (χ4n) is 4.13. The third-order valence-corrected chi connectivity index (χ3v) is 6.07. The van der Waals surface area contributed by atoms with Crippen LogP contribution in [0.25, 0.3) is 10.9 Å². The second-order valence-corrected chi connectivity index (χ2v) is 8.35. The maximum Gasteiger partial charge on any atom is 0.257 e. The van der Waals surface area contributed by atoms with Crippen LogP contribution in [0.3, 0.4) is 0 Å². The van der Waals surface area contributed by atoms with Crippen LogP contribution in [0.1, 0.15) is 22.3 Å². The zero-order valence-electron chi connectivity index (χ0n) is 17.3. The number of anilines is 1. The van der Waals surface area contributed by atoms with E-state index in [9.17, 15) is 23.5 Å². The molecule has 4 rings (SSSR count). The van der Waals surface area contributed by atoms with Gasteiger partial charge in [-0.2, -0.15) is 0 Å². The van der Waals surface area contributed by atoms with Crippen molar-refractivity contribution in [2.24, 2.45) is 7.05 Å². The first kappa shape index (κ1) is 22.2. The molecule has 0 saturated carbocycles. The number of carbonyl (C=O) groups excluding carboxylic acids is 2. The van der Waals surface area contributed by atoms with Crippen molar-refractivity contribution in [2.75, 3.05) is 18.5 Å². The van der Waals surface area contributed by atoms with E-state index in [1.54, 1.807) is 6.20 Å². The molecular formula is C23H22ClF2N3O3. The number of amides is 2. The molecule has 9 heteroatoms. The third-order valence-electron chi connectivity index (χ3n) is 5.76. The number of aromatic nitrogens is 1. The number of hydrogen-bond acceptors (Lipinski definition) is 3. The van der Waals surface area contributed by atoms with Gasteiger partial charge in [0.05, 0.1) is 41.9 Å². The molecule has 32 heavy (non-hydrogen) atoms. The molecule has 1 aliphatic rings. The van der Waals surface area contributed by atoms with E-state index in [-0.39, 0.29) is 42.3 Å². The molecule has 0 aliphatic carbocycles. The molecule has 3 aromatic rings. The lowest BCUT2D eigenvalue weighted by atomic mass is 10.1. The van der Waals surface area contributed by atoms with Crippen LogP contribution in [0.5, 0.6) is 0 Å². The van der Waals surface area contributed by atoms with Gasteiger partial charge in [0.25, 0.3) is 5.91 Å². The van der Waals surface area contributed by atoms with Gasteiger partial charge in [-0.15, -0.1) is 0 Å². The minimum atomic E-state index is -1.21. The summed E-state index contributed by atoms with van der Waals surface area (Å²) in [4.78, 5) is 26.6. The highest BCUT2D eigenvalue weighted by Gasteiger charge is 2.35. The quantitative estimate of drug-likeness (QED) is 0.608. The van der Waals surface area contributed by atoms with Crippen LogP contribution < -0.4 is 5.32 Å². The molecular weight excluding hydrogens is 440 g/mol. The number of aliphatic hydroxyl groups is 1. The molecule has 1 aliphatic heterocycles. The molecule has 168 valence electrons. The van der Waals surface area contributed by atoms with Gasteiger partial charge in [0.2, 0.25) is 5.91 Å². The summed E-state index contributed by atoms with van der Waals surface area (Å²) in [5.74, 6) is -1.65. The second-order valence-electron chi connectivity index (χ2n) is 7.94. The van der Waals surface area contributed by atoms with Crippen LogP contribution >= 0.6 is 11.6 Å². The van der Waals surface area contributed by atoms with Gasteiger partial charge in [0.1, 0.15) is 12.0 Å². The van der Waals surface area contributed by atoms with Crippen molar-refractivity contribution < 1.29 is 23.5 Å². The normalized spacial score (nSPS) is 18.3. The van der Waals surface area contributed by atoms with Gasteiger partial charge < -0.3 is 19.9 Å². The molecule has 1 saturated heterocycles. The summed E-state index contributed by atoms with van der Waals surface area (Å²) in [5, 5.41) is 12.8. The van der Waals surface area contributed by atoms with E-state index < -0.39 is 29.8 Å². The van der Waals surface area contributed by atoms with Gasteiger partial charge in [0.15, 0.2) is 0 Å². The van der Waals surface area contributed by atoms with Crippen LogP contribution in [-0.4, -0.2) is 51.8 Å². The lowest BCUT2D eigenvalue weighted by molar-refractivity contribution is -0.132. The summed E-state index contributed by atoms with van der Waals surface area (Å²) in [6.07, 6.45) is 0.205. The fourth-order valence-corrected chi connectivity index (χ4v) is 4.37. The summed E-state index contributed by atoms with van der Waals surface area (Å²) >= 11 is 6.27. The van der Waals surface area contributed by atoms with E-state index in [2.05, 4.69) is 5.32 Å². The summed E-state index contributed by atoms with van der Waals surface area (Å²) in [7, 11) is 1.82. The Labute approximate surface area is 188 Å². The Morgan fingerprint density at radius 2 is 2.03 bits per heavy atom. The van der Waals surface area contributed by atoms with E-state index >= 15 is 0 Å². The van der Waals surface area contributed by atoms with Crippen LogP contribution in [0.2, 0.25) is 5.02 Å². The maximum absolute atomic E-state index is 14.7. The second kappa shape index (κ2) is 8.88. The number of likely N-dealkylation sites (tertiary alicyclic amines) is 1. The van der Waals surface area contributed by atoms with Gasteiger partial charge in [-0.25, -0.2) is 8.78 Å². The van der Waals surface area contributed by atoms with Gasteiger partial charge in [0, 0.05) is 30.6 Å². The Hall–Kier alpha value is -2.97. The van der Waals surface area contributed by atoms with Crippen LogP contribution in [-0.2, 0) is 18.3 Å². The molecule has 2 amide bonds. The summed E-state index contributed by atoms with van der Waals surface area (Å²) in [5.41, 5.74) is 1.41. The predicted octanol–water partition coefficient (Wildman–Crippen LogP) is 3.70. The fraction of sp³-hybridized carbons (Fsp3) is 0.304. The highest BCUT2D eigenvalue weighted by molar-refractivity contribution is 6.34. The smallest absolute Gasteiger partial charge is 0.257 e. The SMILES string of the molecule is Cn1cc(C(=O)Nc2cc(F)c(CC(=O)N3C[C@@H](F)C[C@H]3CO)cc2Cl)c2ccccc21. The van der Waals surface area contributed by atoms with E-state index in [0.29, 0.717) is 5.56 Å². The summed E-state index contributed by atoms with van der Waals surface area (Å²) in [6, 6.07) is 9.14. The highest BCUT2D eigenvalue weighted by atomic mass is 35.5. The first-order valence-corrected chi connectivity index (χ1v) is 10.5. The highest BCUT2D eigenvalue weighted by Crippen LogP contribution is 2.29. The largest absolute Gasteiger partial charge is 0.394 e. The number of nitrogens with zero attached hydrogens (tertiary/aromatic N) is 2. The number of aliphatic hydroxyl groups excluding tert-OH is 1. The Kier molecular flexibility index (Phi) is 6.17. The molecule has 0 unspecified atom stereocenters. The molecule has 0 spiro atoms. The van der Waals surface area contributed by atoms with Crippen molar-refractivity contribution in [1.82, 2.24) is 9.47 Å². The molecule has 0 bridgehead atoms. The number of halogens is 3. The van der Waals surface area contributed by atoms with Gasteiger partial charge in [-0.3, -0.25) is 9.59 Å². The Morgan fingerprint density at radius 1 is 1.28 bits per heavy atom. The van der Waals surface area contributed by atoms with E-state index in [1.165, 1.54) is 11.0 Å². The van der Waals surface area contributed by atoms with Crippen molar-refractivity contribution in [2.45, 2.75) is 25.1 Å². The number of benzene rings is 2. The molecule has 1 fully saturated rings. The van der Waals surface area contributed by atoms with Gasteiger partial charge in [-0.1, -0.05) is 29.8 Å². The van der Waals surface area contributed by atoms with E-state index in [0.717, 1.165) is 17.0 Å². The van der Waals surface area contributed by atoms with E-state index in [1.807, 2.05) is 35.9 Å². The maximum atomic E-state index is 14.7. The third kappa shape index (κ3) is 4.20. The minimum Gasteiger partial charge on any atom is -0.394 e. The van der Waals surface area contributed by atoms with Crippen LogP contribution in [0.4, 0.5) is 14.5 Å². The van der Waals surface area contributed by atoms with Gasteiger partial charge >= 0.3 is 0 Å². The number of para-hydroxylation sites is 1. The zero-order chi connectivity index (χ0) is 23.0. The zero-order valence-corrected chi connectivity index (χ0v) is 18.1. The number of rotatable bonds is 5. The number of aryl methyl sites for hydroxylation is 1. The van der Waals surface area contributed by atoms with Crippen LogP contribution in [0.15, 0.2) is 42.6 Å². The first-order chi connectivity index (χ1) is 15.3. The molecule has 2 aromatic carbocycles. The Balaban J connectivity index is 1.52. The number of alkyl halides is 1. The van der Waals surface area contributed by atoms with Gasteiger partial charge in [-0.05, 0) is 23.8 Å². The monoisotopic (exact) mass is 461 g/mol. The average Bonchev–Trinajstić information content (AvgIpc) is 3.31. The van der Waals surface area contributed by atoms with Crippen molar-refractivity contribution in [1.29, 1.82) is 0 Å². The molecule has 2 N–H and O–H groups in total. The molecule has 6 nitrogen and oxygen atoms in total. The first-order valence-electron chi connectivity index (χ1n) is 10.2. The minimum absolute atomic E-state index is 0.0298.